The predicted octanol–water partition coefficient (Wildman–Crippen LogP) is 3.29. The van der Waals surface area contributed by atoms with E-state index in [4.69, 9.17) is 9.47 Å². The molecule has 0 radical (unpaired) electrons. The Morgan fingerprint density at radius 1 is 1.23 bits per heavy atom. The van der Waals surface area contributed by atoms with Gasteiger partial charge in [0.2, 0.25) is 5.91 Å². The number of aryl methyl sites for hydroxylation is 2. The zero-order valence-electron chi connectivity index (χ0n) is 15.5. The number of carbonyl (C=O) groups excluding carboxylic acids is 1. The molecule has 0 spiro atoms. The molecular formula is C21H26N2O3. The summed E-state index contributed by atoms with van der Waals surface area (Å²) in [6.07, 6.45) is 3.11. The van der Waals surface area contributed by atoms with Gasteiger partial charge in [0.05, 0.1) is 31.4 Å². The molecule has 1 amide bonds. The first-order valence-corrected chi connectivity index (χ1v) is 9.11. The molecule has 1 saturated heterocycles. The van der Waals surface area contributed by atoms with Crippen molar-refractivity contribution in [3.63, 3.8) is 0 Å². The van der Waals surface area contributed by atoms with Crippen molar-refractivity contribution >= 4 is 5.91 Å². The minimum atomic E-state index is 0.0848. The van der Waals surface area contributed by atoms with Gasteiger partial charge < -0.3 is 14.4 Å². The standard InChI is InChI=1S/C21H26N2O3/c1-16-6-7-19(13-17(16)2)25-12-9-21(24)23-11-8-20(14-23)26-15-18-5-3-4-10-22-18/h3-7,10,13,20H,8-9,11-12,14-15H2,1-2H3/t20-/m0/s1. The van der Waals surface area contributed by atoms with E-state index in [2.05, 4.69) is 18.8 Å². The molecule has 3 rings (SSSR count). The second kappa shape index (κ2) is 8.81. The molecule has 1 fully saturated rings. The summed E-state index contributed by atoms with van der Waals surface area (Å²) in [5.74, 6) is 0.941. The van der Waals surface area contributed by atoms with Crippen molar-refractivity contribution in [3.05, 3.63) is 59.4 Å². The van der Waals surface area contributed by atoms with Crippen molar-refractivity contribution in [2.45, 2.75) is 39.4 Å². The Hall–Kier alpha value is -2.40. The van der Waals surface area contributed by atoms with E-state index < -0.39 is 0 Å². The number of pyridine rings is 1. The van der Waals surface area contributed by atoms with Gasteiger partial charge in [-0.1, -0.05) is 12.1 Å². The van der Waals surface area contributed by atoms with Crippen molar-refractivity contribution in [2.24, 2.45) is 0 Å². The van der Waals surface area contributed by atoms with Crippen LogP contribution in [-0.2, 0) is 16.1 Å². The van der Waals surface area contributed by atoms with E-state index in [0.717, 1.165) is 24.4 Å². The average molecular weight is 354 g/mol. The van der Waals surface area contributed by atoms with Crippen LogP contribution in [0.1, 0.15) is 29.7 Å². The first-order chi connectivity index (χ1) is 12.6. The fraction of sp³-hybridized carbons (Fsp3) is 0.429. The summed E-state index contributed by atoms with van der Waals surface area (Å²) >= 11 is 0. The molecule has 2 aromatic rings. The minimum Gasteiger partial charge on any atom is -0.493 e. The number of ether oxygens (including phenoxy) is 2. The first kappa shape index (κ1) is 18.4. The van der Waals surface area contributed by atoms with Gasteiger partial charge in [0.1, 0.15) is 5.75 Å². The maximum absolute atomic E-state index is 12.4. The highest BCUT2D eigenvalue weighted by Crippen LogP contribution is 2.18. The van der Waals surface area contributed by atoms with Gasteiger partial charge in [-0.25, -0.2) is 0 Å². The maximum atomic E-state index is 12.4. The lowest BCUT2D eigenvalue weighted by atomic mass is 10.1. The van der Waals surface area contributed by atoms with Gasteiger partial charge >= 0.3 is 0 Å². The largest absolute Gasteiger partial charge is 0.493 e. The van der Waals surface area contributed by atoms with Crippen molar-refractivity contribution < 1.29 is 14.3 Å². The predicted molar refractivity (Wildman–Crippen MR) is 100 cm³/mol. The summed E-state index contributed by atoms with van der Waals surface area (Å²) in [6.45, 7) is 6.41. The summed E-state index contributed by atoms with van der Waals surface area (Å²) in [7, 11) is 0. The number of hydrogen-bond donors (Lipinski definition) is 0. The Morgan fingerprint density at radius 2 is 2.12 bits per heavy atom. The number of carbonyl (C=O) groups is 1. The van der Waals surface area contributed by atoms with Gasteiger partial charge in [-0.15, -0.1) is 0 Å². The molecule has 1 aliphatic heterocycles. The fourth-order valence-corrected chi connectivity index (χ4v) is 3.00. The van der Waals surface area contributed by atoms with Crippen LogP contribution >= 0.6 is 0 Å². The van der Waals surface area contributed by atoms with Gasteiger partial charge in [0, 0.05) is 19.3 Å². The molecule has 1 aliphatic rings. The van der Waals surface area contributed by atoms with Gasteiger partial charge in [-0.2, -0.15) is 0 Å². The van der Waals surface area contributed by atoms with E-state index in [1.54, 1.807) is 6.20 Å². The van der Waals surface area contributed by atoms with Crippen molar-refractivity contribution in [1.29, 1.82) is 0 Å². The molecule has 1 aromatic heterocycles. The molecule has 0 aliphatic carbocycles. The smallest absolute Gasteiger partial charge is 0.226 e. The van der Waals surface area contributed by atoms with Crippen molar-refractivity contribution in [1.82, 2.24) is 9.88 Å². The van der Waals surface area contributed by atoms with Gasteiger partial charge in [-0.3, -0.25) is 9.78 Å². The quantitative estimate of drug-likeness (QED) is 0.766. The van der Waals surface area contributed by atoms with Crippen molar-refractivity contribution in [3.8, 4) is 5.75 Å². The highest BCUT2D eigenvalue weighted by Gasteiger charge is 2.26. The Kier molecular flexibility index (Phi) is 6.23. The molecule has 2 heterocycles. The second-order valence-electron chi connectivity index (χ2n) is 6.73. The van der Waals surface area contributed by atoms with Crippen LogP contribution in [0.4, 0.5) is 0 Å². The van der Waals surface area contributed by atoms with Crippen LogP contribution in [0.3, 0.4) is 0 Å². The van der Waals surface area contributed by atoms with E-state index in [9.17, 15) is 4.79 Å². The van der Waals surface area contributed by atoms with E-state index >= 15 is 0 Å². The number of nitrogens with zero attached hydrogens (tertiary/aromatic N) is 2. The third-order valence-corrected chi connectivity index (χ3v) is 4.75. The number of aromatic nitrogens is 1. The van der Waals surface area contributed by atoms with Crippen LogP contribution < -0.4 is 4.74 Å². The number of amides is 1. The zero-order valence-corrected chi connectivity index (χ0v) is 15.5. The van der Waals surface area contributed by atoms with E-state index in [-0.39, 0.29) is 12.0 Å². The van der Waals surface area contributed by atoms with Crippen LogP contribution in [0.15, 0.2) is 42.6 Å². The summed E-state index contributed by atoms with van der Waals surface area (Å²) < 4.78 is 11.6. The van der Waals surface area contributed by atoms with Crippen LogP contribution in [0.5, 0.6) is 5.75 Å². The summed E-state index contributed by atoms with van der Waals surface area (Å²) in [6, 6.07) is 11.8. The van der Waals surface area contributed by atoms with Crippen LogP contribution in [0, 0.1) is 13.8 Å². The molecule has 1 aromatic carbocycles. The monoisotopic (exact) mass is 354 g/mol. The maximum Gasteiger partial charge on any atom is 0.226 e. The van der Waals surface area contributed by atoms with Crippen LogP contribution in [0.25, 0.3) is 0 Å². The van der Waals surface area contributed by atoms with Crippen molar-refractivity contribution in [2.75, 3.05) is 19.7 Å². The Labute approximate surface area is 155 Å². The molecule has 1 atom stereocenters. The van der Waals surface area contributed by atoms with Crippen LogP contribution in [0.2, 0.25) is 0 Å². The molecule has 0 unspecified atom stereocenters. The molecular weight excluding hydrogens is 328 g/mol. The Morgan fingerprint density at radius 3 is 2.88 bits per heavy atom. The van der Waals surface area contributed by atoms with Gasteiger partial charge in [-0.05, 0) is 55.7 Å². The van der Waals surface area contributed by atoms with E-state index in [0.29, 0.717) is 26.2 Å². The zero-order chi connectivity index (χ0) is 18.4. The number of hydrogen-bond acceptors (Lipinski definition) is 4. The third kappa shape index (κ3) is 5.05. The number of benzene rings is 1. The molecule has 0 saturated carbocycles. The summed E-state index contributed by atoms with van der Waals surface area (Å²) in [5, 5.41) is 0. The van der Waals surface area contributed by atoms with Gasteiger partial charge in [0.15, 0.2) is 0 Å². The SMILES string of the molecule is Cc1ccc(OCCC(=O)N2CC[C@H](OCc3ccccn3)C2)cc1C. The molecule has 26 heavy (non-hydrogen) atoms. The summed E-state index contributed by atoms with van der Waals surface area (Å²) in [4.78, 5) is 18.5. The lowest BCUT2D eigenvalue weighted by molar-refractivity contribution is -0.131. The average Bonchev–Trinajstić information content (AvgIpc) is 3.13. The molecule has 138 valence electrons. The topological polar surface area (TPSA) is 51.7 Å². The molecule has 5 heteroatoms. The molecule has 0 N–H and O–H groups in total. The Bertz CT molecular complexity index is 733. The Balaban J connectivity index is 1.38. The van der Waals surface area contributed by atoms with E-state index in [1.807, 2.05) is 41.3 Å². The summed E-state index contributed by atoms with van der Waals surface area (Å²) in [5.41, 5.74) is 3.35. The highest BCUT2D eigenvalue weighted by atomic mass is 16.5. The van der Waals surface area contributed by atoms with Gasteiger partial charge in [0.25, 0.3) is 0 Å². The first-order valence-electron chi connectivity index (χ1n) is 9.11. The lowest BCUT2D eigenvalue weighted by Gasteiger charge is -2.17. The normalized spacial score (nSPS) is 16.7. The van der Waals surface area contributed by atoms with Crippen LogP contribution in [-0.4, -0.2) is 41.6 Å². The van der Waals surface area contributed by atoms with E-state index in [1.165, 1.54) is 11.1 Å². The number of rotatable bonds is 7. The highest BCUT2D eigenvalue weighted by molar-refractivity contribution is 5.76. The fourth-order valence-electron chi connectivity index (χ4n) is 3.00. The third-order valence-electron chi connectivity index (χ3n) is 4.75. The lowest BCUT2D eigenvalue weighted by Crippen LogP contribution is -2.31. The number of likely N-dealkylation sites (tertiary alicyclic amines) is 1. The molecule has 5 nitrogen and oxygen atoms in total. The minimum absolute atomic E-state index is 0.0848. The molecule has 0 bridgehead atoms. The second-order valence-corrected chi connectivity index (χ2v) is 6.73.